The van der Waals surface area contributed by atoms with E-state index < -0.39 is 18.0 Å². The summed E-state index contributed by atoms with van der Waals surface area (Å²) in [5.74, 6) is -1.08. The lowest BCUT2D eigenvalue weighted by molar-refractivity contribution is -0.139. The van der Waals surface area contributed by atoms with Gasteiger partial charge < -0.3 is 20.5 Å². The molecule has 0 aliphatic heterocycles. The maximum Gasteiger partial charge on any atom is 0.326 e. The maximum absolute atomic E-state index is 11.6. The first kappa shape index (κ1) is 17.4. The lowest BCUT2D eigenvalue weighted by Crippen LogP contribution is -2.47. The van der Waals surface area contributed by atoms with E-state index in [1.165, 1.54) is 6.08 Å². The number of carboxylic acid groups (broad SMARTS) is 1. The molecule has 0 radical (unpaired) electrons. The van der Waals surface area contributed by atoms with E-state index in [1.54, 1.807) is 7.11 Å². The number of carbonyl (C=O) groups excluding carboxylic acids is 1. The summed E-state index contributed by atoms with van der Waals surface area (Å²) in [4.78, 5) is 22.5. The molecule has 0 spiro atoms. The average molecular weight is 272 g/mol. The van der Waals surface area contributed by atoms with Gasteiger partial charge in [-0.1, -0.05) is 19.9 Å². The number of urea groups is 1. The number of methoxy groups -OCH3 is 1. The van der Waals surface area contributed by atoms with Crippen LogP contribution < -0.4 is 10.6 Å². The SMILES string of the molecule is C=CCC(NC(=O)NCC(C)(C)CCOC)C(=O)O. The van der Waals surface area contributed by atoms with Crippen LogP contribution in [-0.2, 0) is 9.53 Å². The van der Waals surface area contributed by atoms with E-state index in [4.69, 9.17) is 9.84 Å². The highest BCUT2D eigenvalue weighted by atomic mass is 16.5. The quantitative estimate of drug-likeness (QED) is 0.553. The molecular formula is C13H24N2O4. The van der Waals surface area contributed by atoms with Gasteiger partial charge in [-0.25, -0.2) is 9.59 Å². The van der Waals surface area contributed by atoms with Crippen LogP contribution >= 0.6 is 0 Å². The van der Waals surface area contributed by atoms with Gasteiger partial charge in [-0.05, 0) is 18.3 Å². The Morgan fingerprint density at radius 3 is 2.58 bits per heavy atom. The molecule has 0 fully saturated rings. The van der Waals surface area contributed by atoms with Crippen molar-refractivity contribution in [2.24, 2.45) is 5.41 Å². The van der Waals surface area contributed by atoms with Crippen LogP contribution in [-0.4, -0.2) is 43.4 Å². The molecule has 3 N–H and O–H groups in total. The largest absolute Gasteiger partial charge is 0.480 e. The topological polar surface area (TPSA) is 87.7 Å². The molecule has 6 heteroatoms. The van der Waals surface area contributed by atoms with E-state index in [0.29, 0.717) is 13.2 Å². The minimum absolute atomic E-state index is 0.107. The lowest BCUT2D eigenvalue weighted by Gasteiger charge is -2.25. The Hall–Kier alpha value is -1.56. The smallest absolute Gasteiger partial charge is 0.326 e. The third-order valence-electron chi connectivity index (χ3n) is 2.72. The van der Waals surface area contributed by atoms with Crippen LogP contribution in [0.15, 0.2) is 12.7 Å². The Balaban J connectivity index is 4.16. The van der Waals surface area contributed by atoms with Gasteiger partial charge >= 0.3 is 12.0 Å². The molecule has 0 rings (SSSR count). The van der Waals surface area contributed by atoms with Crippen molar-refractivity contribution in [2.45, 2.75) is 32.7 Å². The highest BCUT2D eigenvalue weighted by Gasteiger charge is 2.21. The summed E-state index contributed by atoms with van der Waals surface area (Å²) in [5, 5.41) is 14.0. The van der Waals surface area contributed by atoms with Crippen molar-refractivity contribution in [1.29, 1.82) is 0 Å². The van der Waals surface area contributed by atoms with E-state index >= 15 is 0 Å². The number of amides is 2. The summed E-state index contributed by atoms with van der Waals surface area (Å²) in [6, 6.07) is -1.43. The summed E-state index contributed by atoms with van der Waals surface area (Å²) in [5.41, 5.74) is -0.107. The van der Waals surface area contributed by atoms with Crippen molar-refractivity contribution in [3.05, 3.63) is 12.7 Å². The molecule has 0 heterocycles. The molecule has 0 aromatic heterocycles. The van der Waals surface area contributed by atoms with Gasteiger partial charge in [0.25, 0.3) is 0 Å². The van der Waals surface area contributed by atoms with Gasteiger partial charge in [-0.15, -0.1) is 6.58 Å². The molecular weight excluding hydrogens is 248 g/mol. The van der Waals surface area contributed by atoms with Crippen molar-refractivity contribution in [1.82, 2.24) is 10.6 Å². The molecule has 110 valence electrons. The van der Waals surface area contributed by atoms with Crippen LogP contribution in [0.25, 0.3) is 0 Å². The minimum Gasteiger partial charge on any atom is -0.480 e. The maximum atomic E-state index is 11.6. The molecule has 2 amide bonds. The van der Waals surface area contributed by atoms with Crippen LogP contribution in [0.4, 0.5) is 4.79 Å². The van der Waals surface area contributed by atoms with Crippen LogP contribution in [0.2, 0.25) is 0 Å². The van der Waals surface area contributed by atoms with E-state index in [0.717, 1.165) is 6.42 Å². The first-order chi connectivity index (χ1) is 8.82. The highest BCUT2D eigenvalue weighted by molar-refractivity contribution is 5.82. The standard InChI is InChI=1S/C13H24N2O4/c1-5-6-10(11(16)17)15-12(18)14-9-13(2,3)7-8-19-4/h5,10H,1,6-9H2,2-4H3,(H,16,17)(H2,14,15,18). The van der Waals surface area contributed by atoms with Crippen LogP contribution in [0.3, 0.4) is 0 Å². The average Bonchev–Trinajstić information content (AvgIpc) is 2.33. The Labute approximate surface area is 114 Å². The molecule has 0 saturated heterocycles. The second-order valence-electron chi connectivity index (χ2n) is 5.15. The number of rotatable bonds is 9. The molecule has 1 unspecified atom stereocenters. The van der Waals surface area contributed by atoms with Gasteiger partial charge in [0.15, 0.2) is 0 Å². The molecule has 0 bridgehead atoms. The summed E-state index contributed by atoms with van der Waals surface area (Å²) in [7, 11) is 1.63. The third kappa shape index (κ3) is 8.20. The van der Waals surface area contributed by atoms with Gasteiger partial charge in [-0.3, -0.25) is 0 Å². The van der Waals surface area contributed by atoms with Gasteiger partial charge in [0.1, 0.15) is 6.04 Å². The molecule has 19 heavy (non-hydrogen) atoms. The fourth-order valence-corrected chi connectivity index (χ4v) is 1.38. The van der Waals surface area contributed by atoms with E-state index in [9.17, 15) is 9.59 Å². The van der Waals surface area contributed by atoms with E-state index in [-0.39, 0.29) is 11.8 Å². The predicted molar refractivity (Wildman–Crippen MR) is 73.0 cm³/mol. The fourth-order valence-electron chi connectivity index (χ4n) is 1.38. The fraction of sp³-hybridized carbons (Fsp3) is 0.692. The minimum atomic E-state index is -1.08. The Morgan fingerprint density at radius 1 is 1.47 bits per heavy atom. The summed E-state index contributed by atoms with van der Waals surface area (Å²) >= 11 is 0. The molecule has 1 atom stereocenters. The predicted octanol–water partition coefficient (Wildman–Crippen LogP) is 1.38. The summed E-state index contributed by atoms with van der Waals surface area (Å²) in [6.45, 7) is 8.53. The monoisotopic (exact) mass is 272 g/mol. The number of carbonyl (C=O) groups is 2. The normalized spacial score (nSPS) is 12.6. The van der Waals surface area contributed by atoms with E-state index in [2.05, 4.69) is 17.2 Å². The lowest BCUT2D eigenvalue weighted by atomic mass is 9.90. The van der Waals surface area contributed by atoms with E-state index in [1.807, 2.05) is 13.8 Å². The number of hydrogen-bond acceptors (Lipinski definition) is 3. The molecule has 0 aromatic rings. The third-order valence-corrected chi connectivity index (χ3v) is 2.72. The van der Waals surface area contributed by atoms with Crippen LogP contribution in [0.5, 0.6) is 0 Å². The van der Waals surface area contributed by atoms with Gasteiger partial charge in [0.05, 0.1) is 0 Å². The molecule has 0 aliphatic rings. The molecule has 0 aromatic carbocycles. The van der Waals surface area contributed by atoms with Crippen molar-refractivity contribution in [3.63, 3.8) is 0 Å². The van der Waals surface area contributed by atoms with Gasteiger partial charge in [0.2, 0.25) is 0 Å². The number of aliphatic carboxylic acids is 1. The zero-order valence-corrected chi connectivity index (χ0v) is 11.9. The Kier molecular flexibility index (Phi) is 7.83. The number of hydrogen-bond donors (Lipinski definition) is 3. The number of carboxylic acids is 1. The van der Waals surface area contributed by atoms with Crippen molar-refractivity contribution < 1.29 is 19.4 Å². The number of ether oxygens (including phenoxy) is 1. The zero-order valence-electron chi connectivity index (χ0n) is 11.9. The van der Waals surface area contributed by atoms with Gasteiger partial charge in [-0.2, -0.15) is 0 Å². The van der Waals surface area contributed by atoms with Crippen LogP contribution in [0, 0.1) is 5.41 Å². The second-order valence-corrected chi connectivity index (χ2v) is 5.15. The summed E-state index contributed by atoms with van der Waals surface area (Å²) in [6.07, 6.45) is 2.45. The Morgan fingerprint density at radius 2 is 2.11 bits per heavy atom. The number of nitrogens with one attached hydrogen (secondary N) is 2. The molecule has 0 aliphatic carbocycles. The first-order valence-corrected chi connectivity index (χ1v) is 6.19. The van der Waals surface area contributed by atoms with Gasteiger partial charge in [0, 0.05) is 20.3 Å². The first-order valence-electron chi connectivity index (χ1n) is 6.19. The van der Waals surface area contributed by atoms with Crippen molar-refractivity contribution >= 4 is 12.0 Å². The zero-order chi connectivity index (χ0) is 14.9. The van der Waals surface area contributed by atoms with Crippen molar-refractivity contribution in [3.8, 4) is 0 Å². The molecule has 6 nitrogen and oxygen atoms in total. The molecule has 0 saturated carbocycles. The van der Waals surface area contributed by atoms with Crippen molar-refractivity contribution in [2.75, 3.05) is 20.3 Å². The van der Waals surface area contributed by atoms with Crippen LogP contribution in [0.1, 0.15) is 26.7 Å². The Bertz CT molecular complexity index is 316. The second kappa shape index (κ2) is 8.53. The highest BCUT2D eigenvalue weighted by Crippen LogP contribution is 2.18. The summed E-state index contributed by atoms with van der Waals surface area (Å²) < 4.78 is 5.00.